The van der Waals surface area contributed by atoms with Crippen molar-refractivity contribution in [1.29, 1.82) is 0 Å². The van der Waals surface area contributed by atoms with Gasteiger partial charge >= 0.3 is 0 Å². The van der Waals surface area contributed by atoms with Crippen molar-refractivity contribution in [2.45, 2.75) is 19.8 Å². The number of benzene rings is 1. The average Bonchev–Trinajstić information content (AvgIpc) is 2.38. The van der Waals surface area contributed by atoms with Crippen molar-refractivity contribution in [1.82, 2.24) is 5.32 Å². The molecule has 0 aliphatic heterocycles. The molecular weight excluding hydrogens is 226 g/mol. The van der Waals surface area contributed by atoms with Crippen LogP contribution in [0, 0.1) is 0 Å². The smallest absolute Gasteiger partial charge is 0.124 e. The van der Waals surface area contributed by atoms with Gasteiger partial charge in [0.15, 0.2) is 0 Å². The molecule has 0 saturated carbocycles. The van der Waals surface area contributed by atoms with Crippen molar-refractivity contribution in [3.05, 3.63) is 29.8 Å². The van der Waals surface area contributed by atoms with E-state index >= 15 is 0 Å². The summed E-state index contributed by atoms with van der Waals surface area (Å²) in [6, 6.07) is 7.28. The van der Waals surface area contributed by atoms with Gasteiger partial charge in [-0.15, -0.1) is 0 Å². The van der Waals surface area contributed by atoms with Gasteiger partial charge in [0.1, 0.15) is 5.75 Å². The summed E-state index contributed by atoms with van der Waals surface area (Å²) in [5, 5.41) is 13.0. The highest BCUT2D eigenvalue weighted by molar-refractivity contribution is 6.00. The summed E-state index contributed by atoms with van der Waals surface area (Å²) >= 11 is 0. The molecule has 0 aromatic heterocycles. The van der Waals surface area contributed by atoms with Crippen molar-refractivity contribution in [2.75, 3.05) is 26.2 Å². The van der Waals surface area contributed by atoms with Crippen molar-refractivity contribution in [3.63, 3.8) is 0 Å². The van der Waals surface area contributed by atoms with Gasteiger partial charge in [-0.2, -0.15) is 0 Å². The topological polar surface area (TPSA) is 70.6 Å². The molecule has 18 heavy (non-hydrogen) atoms. The fourth-order valence-electron chi connectivity index (χ4n) is 1.67. The molecule has 0 bridgehead atoms. The maximum absolute atomic E-state index is 9.68. The summed E-state index contributed by atoms with van der Waals surface area (Å²) in [5.41, 5.74) is 7.10. The van der Waals surface area contributed by atoms with E-state index in [0.29, 0.717) is 5.75 Å². The van der Waals surface area contributed by atoms with E-state index in [-0.39, 0.29) is 0 Å². The lowest BCUT2D eigenvalue weighted by Crippen LogP contribution is -2.19. The molecule has 0 unspecified atom stereocenters. The molecule has 4 N–H and O–H groups in total. The summed E-state index contributed by atoms with van der Waals surface area (Å²) in [5.74, 6) is 0.292. The Morgan fingerprint density at radius 3 is 2.72 bits per heavy atom. The van der Waals surface area contributed by atoms with Gasteiger partial charge in [-0.25, -0.2) is 0 Å². The molecule has 0 aliphatic rings. The first-order valence-electron chi connectivity index (χ1n) is 6.46. The molecule has 0 heterocycles. The molecule has 1 aromatic carbocycles. The van der Waals surface area contributed by atoms with Gasteiger partial charge in [0.25, 0.3) is 0 Å². The van der Waals surface area contributed by atoms with Crippen LogP contribution in [0.25, 0.3) is 0 Å². The number of hydrogen-bond donors (Lipinski definition) is 3. The molecule has 100 valence electrons. The first-order valence-corrected chi connectivity index (χ1v) is 6.46. The van der Waals surface area contributed by atoms with Crippen LogP contribution in [-0.2, 0) is 0 Å². The minimum Gasteiger partial charge on any atom is -0.507 e. The van der Waals surface area contributed by atoms with E-state index in [1.807, 2.05) is 25.1 Å². The van der Waals surface area contributed by atoms with Crippen LogP contribution in [0.1, 0.15) is 25.3 Å². The van der Waals surface area contributed by atoms with Crippen molar-refractivity contribution < 1.29 is 5.11 Å². The van der Waals surface area contributed by atoms with Gasteiger partial charge < -0.3 is 16.2 Å². The fourth-order valence-corrected chi connectivity index (χ4v) is 1.67. The van der Waals surface area contributed by atoms with Crippen molar-refractivity contribution >= 4 is 5.71 Å². The Labute approximate surface area is 109 Å². The first kappa shape index (κ1) is 14.7. The fraction of sp³-hybridized carbons (Fsp3) is 0.500. The lowest BCUT2D eigenvalue weighted by molar-refractivity contribution is 0.474. The molecule has 1 rings (SSSR count). The molecule has 0 spiro atoms. The van der Waals surface area contributed by atoms with Crippen LogP contribution in [0.2, 0.25) is 0 Å². The third-order valence-electron chi connectivity index (χ3n) is 2.71. The zero-order valence-electron chi connectivity index (χ0n) is 11.0. The molecule has 0 amide bonds. The second-order valence-corrected chi connectivity index (χ2v) is 4.23. The van der Waals surface area contributed by atoms with Crippen molar-refractivity contribution in [3.8, 4) is 5.75 Å². The Hall–Kier alpha value is -1.39. The van der Waals surface area contributed by atoms with Crippen LogP contribution in [0.3, 0.4) is 0 Å². The number of aromatic hydroxyl groups is 1. The van der Waals surface area contributed by atoms with Crippen LogP contribution >= 0.6 is 0 Å². The molecule has 4 heteroatoms. The van der Waals surface area contributed by atoms with E-state index in [0.717, 1.165) is 50.3 Å². The number of phenolic OH excluding ortho intramolecular Hbond substituents is 1. The van der Waals surface area contributed by atoms with Crippen LogP contribution in [0.4, 0.5) is 0 Å². The van der Waals surface area contributed by atoms with Crippen LogP contribution < -0.4 is 11.1 Å². The molecule has 0 fully saturated rings. The predicted octanol–water partition coefficient (Wildman–Crippen LogP) is 1.53. The second-order valence-electron chi connectivity index (χ2n) is 4.23. The molecule has 0 radical (unpaired) electrons. The van der Waals surface area contributed by atoms with Crippen LogP contribution in [0.5, 0.6) is 5.75 Å². The summed E-state index contributed by atoms with van der Waals surface area (Å²) in [6.07, 6.45) is 2.01. The van der Waals surface area contributed by atoms with Gasteiger partial charge in [0, 0.05) is 17.8 Å². The molecular formula is C14H23N3O. The van der Waals surface area contributed by atoms with E-state index in [1.54, 1.807) is 6.07 Å². The lowest BCUT2D eigenvalue weighted by atomic mass is 10.1. The molecule has 0 aliphatic carbocycles. The predicted molar refractivity (Wildman–Crippen MR) is 76.3 cm³/mol. The van der Waals surface area contributed by atoms with E-state index in [9.17, 15) is 5.11 Å². The normalized spacial score (nSPS) is 11.8. The number of nitrogens with two attached hydrogens (primary N) is 1. The molecule has 1 aromatic rings. The summed E-state index contributed by atoms with van der Waals surface area (Å²) < 4.78 is 0. The maximum Gasteiger partial charge on any atom is 0.124 e. The van der Waals surface area contributed by atoms with Gasteiger partial charge in [-0.05, 0) is 51.5 Å². The highest BCUT2D eigenvalue weighted by Gasteiger charge is 2.01. The lowest BCUT2D eigenvalue weighted by Gasteiger charge is -2.04. The summed E-state index contributed by atoms with van der Waals surface area (Å²) in [4.78, 5) is 4.46. The Kier molecular flexibility index (Phi) is 7.06. The zero-order chi connectivity index (χ0) is 13.2. The zero-order valence-corrected chi connectivity index (χ0v) is 11.0. The Morgan fingerprint density at radius 2 is 2.00 bits per heavy atom. The maximum atomic E-state index is 9.68. The number of rotatable bonds is 8. The second kappa shape index (κ2) is 8.66. The van der Waals surface area contributed by atoms with E-state index in [2.05, 4.69) is 10.3 Å². The van der Waals surface area contributed by atoms with Crippen LogP contribution in [0.15, 0.2) is 29.3 Å². The third kappa shape index (κ3) is 5.29. The summed E-state index contributed by atoms with van der Waals surface area (Å²) in [6.45, 7) is 5.36. The Balaban J connectivity index is 2.28. The highest BCUT2D eigenvalue weighted by Crippen LogP contribution is 2.16. The summed E-state index contributed by atoms with van der Waals surface area (Å²) in [7, 11) is 0. The van der Waals surface area contributed by atoms with E-state index < -0.39 is 0 Å². The largest absolute Gasteiger partial charge is 0.507 e. The number of phenols is 1. The third-order valence-corrected chi connectivity index (χ3v) is 2.71. The Bertz CT molecular complexity index is 377. The first-order chi connectivity index (χ1) is 8.75. The molecule has 0 atom stereocenters. The number of aliphatic imine (C=N–C) groups is 1. The van der Waals surface area contributed by atoms with Gasteiger partial charge in [0.2, 0.25) is 0 Å². The number of para-hydroxylation sites is 1. The SMILES string of the molecule is CC(=NCCCNCCCN)c1ccccc1O. The van der Waals surface area contributed by atoms with Gasteiger partial charge in [-0.3, -0.25) is 4.99 Å². The quantitative estimate of drug-likeness (QED) is 0.483. The Morgan fingerprint density at radius 1 is 1.28 bits per heavy atom. The molecule has 4 nitrogen and oxygen atoms in total. The highest BCUT2D eigenvalue weighted by atomic mass is 16.3. The minimum absolute atomic E-state index is 0.292. The van der Waals surface area contributed by atoms with Crippen molar-refractivity contribution in [2.24, 2.45) is 10.7 Å². The monoisotopic (exact) mass is 249 g/mol. The molecule has 0 saturated heterocycles. The number of nitrogens with one attached hydrogen (secondary N) is 1. The average molecular weight is 249 g/mol. The van der Waals surface area contributed by atoms with E-state index in [1.165, 1.54) is 0 Å². The number of nitrogens with zero attached hydrogens (tertiary/aromatic N) is 1. The van der Waals surface area contributed by atoms with Crippen LogP contribution in [-0.4, -0.2) is 37.0 Å². The van der Waals surface area contributed by atoms with E-state index in [4.69, 9.17) is 5.73 Å². The minimum atomic E-state index is 0.292. The van der Waals surface area contributed by atoms with Gasteiger partial charge in [0.05, 0.1) is 0 Å². The van der Waals surface area contributed by atoms with Gasteiger partial charge in [-0.1, -0.05) is 12.1 Å². The number of hydrogen-bond acceptors (Lipinski definition) is 4. The standard InChI is InChI=1S/C14H23N3O/c1-12(13-6-2-3-7-14(13)18)17-11-5-10-16-9-4-8-15/h2-3,6-7,16,18H,4-5,8-11,15H2,1H3.